The van der Waals surface area contributed by atoms with Crippen LogP contribution in [0, 0.1) is 12.7 Å². The summed E-state index contributed by atoms with van der Waals surface area (Å²) in [5, 5.41) is 2.65. The van der Waals surface area contributed by atoms with E-state index in [9.17, 15) is 14.0 Å². The van der Waals surface area contributed by atoms with E-state index in [-0.39, 0.29) is 30.7 Å². The van der Waals surface area contributed by atoms with Gasteiger partial charge < -0.3 is 10.2 Å². The molecule has 4 nitrogen and oxygen atoms in total. The van der Waals surface area contributed by atoms with Crippen LogP contribution in [-0.2, 0) is 22.7 Å². The molecule has 2 rings (SSSR count). The van der Waals surface area contributed by atoms with Crippen LogP contribution in [-0.4, -0.2) is 23.3 Å². The Labute approximate surface area is 141 Å². The van der Waals surface area contributed by atoms with Crippen LogP contribution in [0.3, 0.4) is 0 Å². The van der Waals surface area contributed by atoms with Crippen molar-refractivity contribution in [3.8, 4) is 0 Å². The molecular weight excluding hydrogens is 307 g/mol. The van der Waals surface area contributed by atoms with E-state index in [4.69, 9.17) is 0 Å². The summed E-state index contributed by atoms with van der Waals surface area (Å²) < 4.78 is 13.5. The number of benzene rings is 2. The van der Waals surface area contributed by atoms with Gasteiger partial charge in [-0.3, -0.25) is 9.59 Å². The molecule has 0 saturated carbocycles. The fourth-order valence-electron chi connectivity index (χ4n) is 2.37. The number of nitrogens with zero attached hydrogens (tertiary/aromatic N) is 1. The monoisotopic (exact) mass is 328 g/mol. The van der Waals surface area contributed by atoms with Gasteiger partial charge in [0.1, 0.15) is 5.82 Å². The lowest BCUT2D eigenvalue weighted by molar-refractivity contribution is -0.135. The third-order valence-corrected chi connectivity index (χ3v) is 3.67. The standard InChI is InChI=1S/C19H21FN2O2/c1-14-6-5-7-16(10-14)12-22(15(2)23)13-19(24)21-11-17-8-3-4-9-18(17)20/h3-10H,11-13H2,1-2H3,(H,21,24). The maximum atomic E-state index is 13.5. The zero-order chi connectivity index (χ0) is 17.5. The van der Waals surface area contributed by atoms with E-state index < -0.39 is 0 Å². The Morgan fingerprint density at radius 1 is 1.12 bits per heavy atom. The number of carbonyl (C=O) groups is 2. The summed E-state index contributed by atoms with van der Waals surface area (Å²) >= 11 is 0. The Kier molecular flexibility index (Phi) is 6.07. The van der Waals surface area contributed by atoms with Crippen molar-refractivity contribution in [2.75, 3.05) is 6.54 Å². The Hall–Kier alpha value is -2.69. The van der Waals surface area contributed by atoms with Crippen molar-refractivity contribution < 1.29 is 14.0 Å². The third-order valence-electron chi connectivity index (χ3n) is 3.67. The molecule has 24 heavy (non-hydrogen) atoms. The Balaban J connectivity index is 1.93. The molecule has 0 atom stereocenters. The molecule has 5 heteroatoms. The van der Waals surface area contributed by atoms with Gasteiger partial charge in [-0.25, -0.2) is 4.39 Å². The molecule has 1 N–H and O–H groups in total. The van der Waals surface area contributed by atoms with Crippen molar-refractivity contribution in [2.24, 2.45) is 0 Å². The van der Waals surface area contributed by atoms with Crippen LogP contribution in [0.5, 0.6) is 0 Å². The Morgan fingerprint density at radius 2 is 1.88 bits per heavy atom. The minimum atomic E-state index is -0.360. The molecular formula is C19H21FN2O2. The highest BCUT2D eigenvalue weighted by molar-refractivity contribution is 5.83. The van der Waals surface area contributed by atoms with E-state index in [0.717, 1.165) is 11.1 Å². The number of amides is 2. The average Bonchev–Trinajstić information content (AvgIpc) is 2.53. The highest BCUT2D eigenvalue weighted by Crippen LogP contribution is 2.08. The number of rotatable bonds is 6. The van der Waals surface area contributed by atoms with E-state index >= 15 is 0 Å². The summed E-state index contributed by atoms with van der Waals surface area (Å²) in [5.74, 6) is -0.861. The highest BCUT2D eigenvalue weighted by Gasteiger charge is 2.14. The van der Waals surface area contributed by atoms with Gasteiger partial charge in [-0.15, -0.1) is 0 Å². The lowest BCUT2D eigenvalue weighted by Crippen LogP contribution is -2.39. The number of carbonyl (C=O) groups excluding carboxylic acids is 2. The smallest absolute Gasteiger partial charge is 0.239 e. The molecule has 0 saturated heterocycles. The molecule has 0 radical (unpaired) electrons. The van der Waals surface area contributed by atoms with Crippen molar-refractivity contribution >= 4 is 11.8 Å². The number of hydrogen-bond acceptors (Lipinski definition) is 2. The minimum Gasteiger partial charge on any atom is -0.350 e. The van der Waals surface area contributed by atoms with Gasteiger partial charge in [-0.1, -0.05) is 48.0 Å². The van der Waals surface area contributed by atoms with Gasteiger partial charge in [0, 0.05) is 25.6 Å². The molecule has 0 heterocycles. The molecule has 0 aliphatic carbocycles. The first-order chi connectivity index (χ1) is 11.5. The van der Waals surface area contributed by atoms with Crippen molar-refractivity contribution in [3.05, 3.63) is 71.0 Å². The van der Waals surface area contributed by atoms with Gasteiger partial charge in [0.15, 0.2) is 0 Å². The minimum absolute atomic E-state index is 0.0578. The van der Waals surface area contributed by atoms with Crippen LogP contribution in [0.1, 0.15) is 23.6 Å². The molecule has 0 fully saturated rings. The van der Waals surface area contributed by atoms with E-state index in [2.05, 4.69) is 5.32 Å². The van der Waals surface area contributed by atoms with Crippen LogP contribution in [0.2, 0.25) is 0 Å². The quantitative estimate of drug-likeness (QED) is 0.886. The van der Waals surface area contributed by atoms with E-state index in [1.807, 2.05) is 31.2 Å². The molecule has 0 aliphatic heterocycles. The first-order valence-electron chi connectivity index (χ1n) is 7.77. The Bertz CT molecular complexity index is 731. The number of nitrogens with one attached hydrogen (secondary N) is 1. The maximum absolute atomic E-state index is 13.5. The molecule has 0 spiro atoms. The molecule has 2 aromatic carbocycles. The predicted octanol–water partition coefficient (Wildman–Crippen LogP) is 2.80. The highest BCUT2D eigenvalue weighted by atomic mass is 19.1. The first kappa shape index (κ1) is 17.7. The summed E-state index contributed by atoms with van der Waals surface area (Å²) in [5.41, 5.74) is 2.48. The van der Waals surface area contributed by atoms with E-state index in [1.165, 1.54) is 17.9 Å². The summed E-state index contributed by atoms with van der Waals surface area (Å²) in [6.45, 7) is 3.81. The van der Waals surface area contributed by atoms with Crippen LogP contribution in [0.4, 0.5) is 4.39 Å². The molecule has 0 unspecified atom stereocenters. The van der Waals surface area contributed by atoms with Crippen LogP contribution in [0.15, 0.2) is 48.5 Å². The summed E-state index contributed by atoms with van der Waals surface area (Å²) in [4.78, 5) is 25.3. The molecule has 126 valence electrons. The lowest BCUT2D eigenvalue weighted by Gasteiger charge is -2.21. The van der Waals surface area contributed by atoms with E-state index in [0.29, 0.717) is 12.1 Å². The second-order valence-corrected chi connectivity index (χ2v) is 5.73. The molecule has 2 aromatic rings. The fourth-order valence-corrected chi connectivity index (χ4v) is 2.37. The fraction of sp³-hybridized carbons (Fsp3) is 0.263. The van der Waals surface area contributed by atoms with Crippen molar-refractivity contribution in [1.29, 1.82) is 0 Å². The van der Waals surface area contributed by atoms with Gasteiger partial charge in [-0.2, -0.15) is 0 Å². The van der Waals surface area contributed by atoms with Gasteiger partial charge in [-0.05, 0) is 18.6 Å². The first-order valence-corrected chi connectivity index (χ1v) is 7.77. The molecule has 0 bridgehead atoms. The second-order valence-electron chi connectivity index (χ2n) is 5.73. The number of hydrogen-bond donors (Lipinski definition) is 1. The number of aryl methyl sites for hydroxylation is 1. The summed E-state index contributed by atoms with van der Waals surface area (Å²) in [6.07, 6.45) is 0. The molecule has 0 aliphatic rings. The summed E-state index contributed by atoms with van der Waals surface area (Å²) in [6, 6.07) is 14.1. The average molecular weight is 328 g/mol. The second kappa shape index (κ2) is 8.24. The topological polar surface area (TPSA) is 49.4 Å². The van der Waals surface area contributed by atoms with Crippen molar-refractivity contribution in [2.45, 2.75) is 26.9 Å². The normalized spacial score (nSPS) is 10.3. The summed E-state index contributed by atoms with van der Waals surface area (Å²) in [7, 11) is 0. The predicted molar refractivity (Wildman–Crippen MR) is 90.5 cm³/mol. The SMILES string of the molecule is CC(=O)N(CC(=O)NCc1ccccc1F)Cc1cccc(C)c1. The van der Waals surface area contributed by atoms with Gasteiger partial charge in [0.05, 0.1) is 6.54 Å². The van der Waals surface area contributed by atoms with Gasteiger partial charge in [0.2, 0.25) is 11.8 Å². The Morgan fingerprint density at radius 3 is 2.54 bits per heavy atom. The molecule has 0 aromatic heterocycles. The van der Waals surface area contributed by atoms with Crippen LogP contribution in [0.25, 0.3) is 0 Å². The lowest BCUT2D eigenvalue weighted by atomic mass is 10.1. The third kappa shape index (κ3) is 5.19. The zero-order valence-electron chi connectivity index (χ0n) is 13.9. The van der Waals surface area contributed by atoms with Crippen LogP contribution >= 0.6 is 0 Å². The van der Waals surface area contributed by atoms with E-state index in [1.54, 1.807) is 18.2 Å². The van der Waals surface area contributed by atoms with Crippen LogP contribution < -0.4 is 5.32 Å². The molecule has 2 amide bonds. The number of halogens is 1. The van der Waals surface area contributed by atoms with Gasteiger partial charge >= 0.3 is 0 Å². The van der Waals surface area contributed by atoms with Crippen molar-refractivity contribution in [3.63, 3.8) is 0 Å². The largest absolute Gasteiger partial charge is 0.350 e. The zero-order valence-corrected chi connectivity index (χ0v) is 13.9. The van der Waals surface area contributed by atoms with Crippen molar-refractivity contribution in [1.82, 2.24) is 10.2 Å². The maximum Gasteiger partial charge on any atom is 0.239 e. The van der Waals surface area contributed by atoms with Gasteiger partial charge in [0.25, 0.3) is 0 Å².